The number of hydrogen-bond acceptors (Lipinski definition) is 4. The van der Waals surface area contributed by atoms with E-state index in [2.05, 4.69) is 34.3 Å². The molecule has 0 aliphatic rings. The number of rotatable bonds is 3. The van der Waals surface area contributed by atoms with Gasteiger partial charge >= 0.3 is 0 Å². The second kappa shape index (κ2) is 5.17. The van der Waals surface area contributed by atoms with Crippen LogP contribution >= 0.6 is 0 Å². The topological polar surface area (TPSA) is 58.0 Å². The van der Waals surface area contributed by atoms with Gasteiger partial charge in [0.25, 0.3) is 0 Å². The Kier molecular flexibility index (Phi) is 3.21. The fourth-order valence-electron chi connectivity index (χ4n) is 2.10. The van der Waals surface area contributed by atoms with Gasteiger partial charge in [0.2, 0.25) is 0 Å². The number of aromatic nitrogens is 2. The highest BCUT2D eigenvalue weighted by Gasteiger charge is 2.05. The van der Waals surface area contributed by atoms with Gasteiger partial charge in [0, 0.05) is 11.1 Å². The van der Waals surface area contributed by atoms with E-state index >= 15 is 0 Å². The zero-order chi connectivity index (χ0) is 13.9. The summed E-state index contributed by atoms with van der Waals surface area (Å²) in [6.07, 6.45) is 2.53. The third kappa shape index (κ3) is 2.40. The van der Waals surface area contributed by atoms with E-state index in [1.165, 1.54) is 5.56 Å². The molecule has 4 nitrogen and oxygen atoms in total. The molecule has 1 heterocycles. The average molecular weight is 265 g/mol. The molecule has 4 heteroatoms. The van der Waals surface area contributed by atoms with Crippen LogP contribution in [0.1, 0.15) is 12.5 Å². The number of nitrogens with zero attached hydrogens (tertiary/aromatic N) is 2. The van der Waals surface area contributed by atoms with Crippen molar-refractivity contribution < 1.29 is 5.11 Å². The third-order valence-electron chi connectivity index (χ3n) is 3.24. The first-order valence-corrected chi connectivity index (χ1v) is 6.56. The third-order valence-corrected chi connectivity index (χ3v) is 3.24. The van der Waals surface area contributed by atoms with Crippen LogP contribution in [0.2, 0.25) is 0 Å². The minimum absolute atomic E-state index is 0.247. The number of nitrogens with one attached hydrogen (secondary N) is 1. The summed E-state index contributed by atoms with van der Waals surface area (Å²) in [6.45, 7) is 2.12. The van der Waals surface area contributed by atoms with Crippen molar-refractivity contribution in [3.63, 3.8) is 0 Å². The maximum atomic E-state index is 9.31. The molecule has 2 aromatic carbocycles. The lowest BCUT2D eigenvalue weighted by Crippen LogP contribution is -1.96. The van der Waals surface area contributed by atoms with Crippen molar-refractivity contribution in [2.45, 2.75) is 13.3 Å². The molecule has 0 unspecified atom stereocenters. The summed E-state index contributed by atoms with van der Waals surface area (Å²) >= 11 is 0. The number of aromatic hydroxyl groups is 1. The Labute approximate surface area is 117 Å². The minimum Gasteiger partial charge on any atom is -0.508 e. The molecule has 3 rings (SSSR count). The lowest BCUT2D eigenvalue weighted by atomic mass is 10.1. The van der Waals surface area contributed by atoms with Crippen LogP contribution in [0.3, 0.4) is 0 Å². The summed E-state index contributed by atoms with van der Waals surface area (Å²) in [6, 6.07) is 13.1. The summed E-state index contributed by atoms with van der Waals surface area (Å²) < 4.78 is 0. The molecule has 0 saturated heterocycles. The molecule has 0 fully saturated rings. The molecule has 100 valence electrons. The van der Waals surface area contributed by atoms with Crippen molar-refractivity contribution in [3.8, 4) is 5.75 Å². The molecule has 0 atom stereocenters. The highest BCUT2D eigenvalue weighted by Crippen LogP contribution is 2.25. The Hall–Kier alpha value is -2.62. The van der Waals surface area contributed by atoms with Crippen LogP contribution in [-0.4, -0.2) is 15.1 Å². The summed E-state index contributed by atoms with van der Waals surface area (Å²) in [5, 5.41) is 13.6. The Morgan fingerprint density at radius 2 is 1.85 bits per heavy atom. The van der Waals surface area contributed by atoms with Crippen LogP contribution in [0.5, 0.6) is 5.75 Å². The molecule has 20 heavy (non-hydrogen) atoms. The predicted octanol–water partition coefficient (Wildman–Crippen LogP) is 3.64. The van der Waals surface area contributed by atoms with Crippen LogP contribution in [0.4, 0.5) is 11.5 Å². The van der Waals surface area contributed by atoms with E-state index in [9.17, 15) is 5.11 Å². The number of anilines is 2. The second-order valence-corrected chi connectivity index (χ2v) is 4.60. The van der Waals surface area contributed by atoms with E-state index in [1.807, 2.05) is 18.2 Å². The van der Waals surface area contributed by atoms with Gasteiger partial charge in [-0.05, 0) is 48.4 Å². The van der Waals surface area contributed by atoms with E-state index in [1.54, 1.807) is 18.5 Å². The summed E-state index contributed by atoms with van der Waals surface area (Å²) in [7, 11) is 0. The first-order valence-electron chi connectivity index (χ1n) is 6.56. The van der Waals surface area contributed by atoms with E-state index < -0.39 is 0 Å². The molecule has 0 amide bonds. The maximum Gasteiger partial charge on any atom is 0.141 e. The summed E-state index contributed by atoms with van der Waals surface area (Å²) in [4.78, 5) is 8.60. The number of hydrogen-bond donors (Lipinski definition) is 2. The largest absolute Gasteiger partial charge is 0.508 e. The van der Waals surface area contributed by atoms with Gasteiger partial charge in [0.15, 0.2) is 0 Å². The highest BCUT2D eigenvalue weighted by atomic mass is 16.3. The highest BCUT2D eigenvalue weighted by molar-refractivity contribution is 5.91. The fraction of sp³-hybridized carbons (Fsp3) is 0.125. The summed E-state index contributed by atoms with van der Waals surface area (Å²) in [5.74, 6) is 1.02. The first kappa shape index (κ1) is 12.4. The van der Waals surface area contributed by atoms with Gasteiger partial charge in [0.1, 0.15) is 17.9 Å². The van der Waals surface area contributed by atoms with Crippen LogP contribution in [-0.2, 0) is 6.42 Å². The van der Waals surface area contributed by atoms with Crippen LogP contribution in [0, 0.1) is 0 Å². The number of fused-ring (bicyclic) bond motifs is 1. The first-order chi connectivity index (χ1) is 9.76. The maximum absolute atomic E-state index is 9.31. The van der Waals surface area contributed by atoms with E-state index in [0.29, 0.717) is 0 Å². The Morgan fingerprint density at radius 3 is 2.60 bits per heavy atom. The van der Waals surface area contributed by atoms with E-state index in [0.717, 1.165) is 28.8 Å². The molecule has 2 N–H and O–H groups in total. The van der Waals surface area contributed by atoms with Crippen molar-refractivity contribution in [2.24, 2.45) is 0 Å². The normalized spacial score (nSPS) is 10.7. The number of benzene rings is 2. The molecule has 0 aliphatic carbocycles. The smallest absolute Gasteiger partial charge is 0.141 e. The van der Waals surface area contributed by atoms with E-state index in [-0.39, 0.29) is 5.75 Å². The van der Waals surface area contributed by atoms with Gasteiger partial charge in [-0.1, -0.05) is 13.0 Å². The number of phenolic OH excluding ortho intramolecular Hbond substituents is 1. The zero-order valence-electron chi connectivity index (χ0n) is 11.2. The standard InChI is InChI=1S/C16H15N3O/c1-2-11-3-8-15-14(9-11)16(18-10-17-15)19-12-4-6-13(20)7-5-12/h3-10,20H,2H2,1H3,(H,17,18,19). The molecule has 3 aromatic rings. The Morgan fingerprint density at radius 1 is 1.05 bits per heavy atom. The lowest BCUT2D eigenvalue weighted by Gasteiger charge is -2.09. The van der Waals surface area contributed by atoms with Gasteiger partial charge in [-0.2, -0.15) is 0 Å². The molecule has 0 bridgehead atoms. The van der Waals surface area contributed by atoms with Crippen molar-refractivity contribution in [1.82, 2.24) is 9.97 Å². The van der Waals surface area contributed by atoms with Crippen molar-refractivity contribution in [2.75, 3.05) is 5.32 Å². The summed E-state index contributed by atoms with van der Waals surface area (Å²) in [5.41, 5.74) is 3.05. The van der Waals surface area contributed by atoms with Crippen LogP contribution < -0.4 is 5.32 Å². The molecular weight excluding hydrogens is 250 g/mol. The quantitative estimate of drug-likeness (QED) is 0.710. The SMILES string of the molecule is CCc1ccc2ncnc(Nc3ccc(O)cc3)c2c1. The zero-order valence-corrected chi connectivity index (χ0v) is 11.2. The van der Waals surface area contributed by atoms with Gasteiger partial charge in [-0.15, -0.1) is 0 Å². The van der Waals surface area contributed by atoms with Crippen LogP contribution in [0.25, 0.3) is 10.9 Å². The Bertz CT molecular complexity index is 738. The predicted molar refractivity (Wildman–Crippen MR) is 80.3 cm³/mol. The second-order valence-electron chi connectivity index (χ2n) is 4.60. The molecule has 0 spiro atoms. The molecule has 0 aliphatic heterocycles. The van der Waals surface area contributed by atoms with Crippen LogP contribution in [0.15, 0.2) is 48.8 Å². The van der Waals surface area contributed by atoms with Gasteiger partial charge < -0.3 is 10.4 Å². The van der Waals surface area contributed by atoms with Gasteiger partial charge in [-0.25, -0.2) is 9.97 Å². The molecule has 0 saturated carbocycles. The molecule has 1 aromatic heterocycles. The minimum atomic E-state index is 0.247. The van der Waals surface area contributed by atoms with E-state index in [4.69, 9.17) is 0 Å². The lowest BCUT2D eigenvalue weighted by molar-refractivity contribution is 0.475. The molecular formula is C16H15N3O. The number of phenols is 1. The van der Waals surface area contributed by atoms with Gasteiger partial charge in [0.05, 0.1) is 5.52 Å². The van der Waals surface area contributed by atoms with Gasteiger partial charge in [-0.3, -0.25) is 0 Å². The fourth-order valence-corrected chi connectivity index (χ4v) is 2.10. The monoisotopic (exact) mass is 265 g/mol. The molecule has 0 radical (unpaired) electrons. The van der Waals surface area contributed by atoms with Crippen molar-refractivity contribution in [3.05, 3.63) is 54.4 Å². The Balaban J connectivity index is 2.04. The van der Waals surface area contributed by atoms with Crippen molar-refractivity contribution >= 4 is 22.4 Å². The average Bonchev–Trinajstić information content (AvgIpc) is 2.49. The number of aryl methyl sites for hydroxylation is 1. The van der Waals surface area contributed by atoms with Crippen molar-refractivity contribution in [1.29, 1.82) is 0 Å².